The average Bonchev–Trinajstić information content (AvgIpc) is 3.59. The van der Waals surface area contributed by atoms with Crippen LogP contribution in [0.2, 0.25) is 0 Å². The van der Waals surface area contributed by atoms with Gasteiger partial charge in [0.1, 0.15) is 30.3 Å². The van der Waals surface area contributed by atoms with E-state index in [1.807, 2.05) is 0 Å². The lowest BCUT2D eigenvalue weighted by Gasteiger charge is -2.34. The normalized spacial score (nSPS) is 29.4. The molecular weight excluding hydrogens is 586 g/mol. The largest absolute Gasteiger partial charge is 0.472 e. The predicted octanol–water partition coefficient (Wildman–Crippen LogP) is 5.82. The summed E-state index contributed by atoms with van der Waals surface area (Å²) in [5.74, 6) is -5.10. The Morgan fingerprint density at radius 1 is 1.14 bits per heavy atom. The highest BCUT2D eigenvalue weighted by molar-refractivity contribution is 5.89. The molecule has 5 rings (SSSR count). The fourth-order valence-electron chi connectivity index (χ4n) is 6.03. The smallest absolute Gasteiger partial charge is 0.408 e. The standard InChI is InChI=1S/C31H37F4N3O6/c1-16-22(15-39)38-14-24(16)43-26-20(11-17-8-9-19(42-28(32)33)13-21(17)36-26)31(34,35)10-6-5-7-18-12-23(18)44-29(41)37-25(27(38)40)30(2,3)4/h8-9,11,13,15-16,18,22-25,28H,5-7,10,12,14H2,1-4H3,(H,37,41)/t16-,18+,22+,23+,24-,25+/m0/s1. The maximum atomic E-state index is 15.9. The van der Waals surface area contributed by atoms with Crippen LogP contribution < -0.4 is 14.8 Å². The predicted molar refractivity (Wildman–Crippen MR) is 151 cm³/mol. The number of pyridine rings is 1. The third-order valence-corrected chi connectivity index (χ3v) is 8.73. The number of alkyl carbamates (subject to hydrolysis) is 1. The molecule has 2 fully saturated rings. The van der Waals surface area contributed by atoms with E-state index in [0.717, 1.165) is 0 Å². The number of alkyl halides is 4. The van der Waals surface area contributed by atoms with Gasteiger partial charge in [0.2, 0.25) is 11.8 Å². The van der Waals surface area contributed by atoms with Crippen molar-refractivity contribution in [2.24, 2.45) is 17.3 Å². The summed E-state index contributed by atoms with van der Waals surface area (Å²) < 4.78 is 73.5. The molecule has 0 unspecified atom stereocenters. The lowest BCUT2D eigenvalue weighted by Crippen LogP contribution is -2.56. The third kappa shape index (κ3) is 6.71. The Bertz CT molecular complexity index is 1420. The number of halogens is 4. The molecule has 2 amide bonds. The number of aldehydes is 1. The fourth-order valence-corrected chi connectivity index (χ4v) is 6.03. The number of hydrogen-bond donors (Lipinski definition) is 1. The average molecular weight is 624 g/mol. The van der Waals surface area contributed by atoms with Gasteiger partial charge in [-0.25, -0.2) is 18.6 Å². The van der Waals surface area contributed by atoms with Crippen molar-refractivity contribution in [1.82, 2.24) is 15.2 Å². The molecule has 3 heterocycles. The summed E-state index contributed by atoms with van der Waals surface area (Å²) in [6.07, 6.45) is -0.0672. The molecule has 1 saturated carbocycles. The Labute approximate surface area is 252 Å². The first-order valence-electron chi connectivity index (χ1n) is 14.9. The Hall–Kier alpha value is -3.64. The molecule has 0 radical (unpaired) electrons. The van der Waals surface area contributed by atoms with Crippen LogP contribution in [0, 0.1) is 17.3 Å². The quantitative estimate of drug-likeness (QED) is 0.339. The highest BCUT2D eigenvalue weighted by Crippen LogP contribution is 2.43. The Morgan fingerprint density at radius 3 is 2.57 bits per heavy atom. The lowest BCUT2D eigenvalue weighted by molar-refractivity contribution is -0.139. The summed E-state index contributed by atoms with van der Waals surface area (Å²) in [6.45, 7) is 3.74. The van der Waals surface area contributed by atoms with Gasteiger partial charge >= 0.3 is 12.7 Å². The van der Waals surface area contributed by atoms with E-state index in [4.69, 9.17) is 9.47 Å². The summed E-state index contributed by atoms with van der Waals surface area (Å²) in [5, 5.41) is 2.97. The highest BCUT2D eigenvalue weighted by atomic mass is 19.3. The van der Waals surface area contributed by atoms with Gasteiger partial charge in [-0.15, -0.1) is 0 Å². The van der Waals surface area contributed by atoms with Gasteiger partial charge in [0, 0.05) is 23.8 Å². The number of hydrogen-bond acceptors (Lipinski definition) is 7. The first-order chi connectivity index (χ1) is 20.7. The molecule has 1 saturated heterocycles. The SMILES string of the molecule is C[C@@H]1[C@@H]2CN(C(=O)[C@H](C(C)(C)C)NC(=O)O[C@@H]3C[C@H]3CCCCC(F)(F)c3cc4ccc(OC(F)F)cc4nc3O2)[C@@H]1C=O. The molecule has 44 heavy (non-hydrogen) atoms. The van der Waals surface area contributed by atoms with E-state index in [1.165, 1.54) is 29.2 Å². The number of aromatic nitrogens is 1. The molecule has 1 aliphatic carbocycles. The van der Waals surface area contributed by atoms with Crippen molar-refractivity contribution in [3.63, 3.8) is 0 Å². The molecule has 1 aromatic carbocycles. The molecule has 2 bridgehead atoms. The summed E-state index contributed by atoms with van der Waals surface area (Å²) in [6, 6.07) is 3.04. The number of rotatable bonds is 3. The van der Waals surface area contributed by atoms with Gasteiger partial charge in [0.25, 0.3) is 5.92 Å². The fraction of sp³-hybridized carbons (Fsp3) is 0.613. The number of amides is 2. The van der Waals surface area contributed by atoms with Gasteiger partial charge in [0.05, 0.1) is 23.7 Å². The third-order valence-electron chi connectivity index (χ3n) is 8.73. The second kappa shape index (κ2) is 12.0. The zero-order valence-corrected chi connectivity index (χ0v) is 25.0. The molecule has 13 heteroatoms. The monoisotopic (exact) mass is 623 g/mol. The molecule has 9 nitrogen and oxygen atoms in total. The first kappa shape index (κ1) is 31.8. The number of carbonyl (C=O) groups excluding carboxylic acids is 3. The van der Waals surface area contributed by atoms with Gasteiger partial charge in [0.15, 0.2) is 0 Å². The van der Waals surface area contributed by atoms with Crippen molar-refractivity contribution in [2.45, 2.75) is 96.6 Å². The molecule has 240 valence electrons. The van der Waals surface area contributed by atoms with E-state index in [1.54, 1.807) is 27.7 Å². The second-order valence-electron chi connectivity index (χ2n) is 13.0. The van der Waals surface area contributed by atoms with Crippen molar-refractivity contribution in [3.05, 3.63) is 29.8 Å². The van der Waals surface area contributed by atoms with E-state index in [0.29, 0.717) is 25.5 Å². The molecule has 1 N–H and O–H groups in total. The van der Waals surface area contributed by atoms with Gasteiger partial charge in [-0.1, -0.05) is 34.1 Å². The van der Waals surface area contributed by atoms with Crippen molar-refractivity contribution in [3.8, 4) is 11.6 Å². The molecule has 2 aromatic rings. The molecule has 6 atom stereocenters. The van der Waals surface area contributed by atoms with Crippen molar-refractivity contribution >= 4 is 29.2 Å². The minimum Gasteiger partial charge on any atom is -0.472 e. The van der Waals surface area contributed by atoms with E-state index >= 15 is 8.78 Å². The van der Waals surface area contributed by atoms with Gasteiger partial charge in [-0.05, 0) is 48.8 Å². The topological polar surface area (TPSA) is 107 Å². The van der Waals surface area contributed by atoms with Crippen LogP contribution in [0.1, 0.15) is 65.4 Å². The zero-order chi connectivity index (χ0) is 32.0. The summed E-state index contributed by atoms with van der Waals surface area (Å²) in [5.41, 5.74) is -1.13. The van der Waals surface area contributed by atoms with E-state index in [2.05, 4.69) is 15.0 Å². The zero-order valence-electron chi connectivity index (χ0n) is 25.0. The van der Waals surface area contributed by atoms with E-state index in [9.17, 15) is 23.2 Å². The van der Waals surface area contributed by atoms with Crippen LogP contribution in [0.5, 0.6) is 11.6 Å². The van der Waals surface area contributed by atoms with Crippen LogP contribution in [0.4, 0.5) is 22.4 Å². The first-order valence-corrected chi connectivity index (χ1v) is 14.9. The van der Waals surface area contributed by atoms with Gasteiger partial charge in [-0.2, -0.15) is 8.78 Å². The summed E-state index contributed by atoms with van der Waals surface area (Å²) in [4.78, 5) is 44.5. The van der Waals surface area contributed by atoms with Gasteiger partial charge < -0.3 is 29.2 Å². The Balaban J connectivity index is 1.55. The lowest BCUT2D eigenvalue weighted by atomic mass is 9.85. The minimum atomic E-state index is -3.36. The van der Waals surface area contributed by atoms with Crippen LogP contribution in [0.3, 0.4) is 0 Å². The minimum absolute atomic E-state index is 0.0440. The maximum Gasteiger partial charge on any atom is 0.408 e. The van der Waals surface area contributed by atoms with Crippen LogP contribution >= 0.6 is 0 Å². The van der Waals surface area contributed by atoms with Crippen LogP contribution in [-0.2, 0) is 20.2 Å². The molecule has 2 aliphatic heterocycles. The van der Waals surface area contributed by atoms with E-state index < -0.39 is 71.9 Å². The second-order valence-corrected chi connectivity index (χ2v) is 13.0. The number of carbonyl (C=O) groups is 3. The van der Waals surface area contributed by atoms with Crippen molar-refractivity contribution in [2.75, 3.05) is 6.54 Å². The number of benzene rings is 1. The van der Waals surface area contributed by atoms with Crippen molar-refractivity contribution in [1.29, 1.82) is 0 Å². The Kier molecular flexibility index (Phi) is 8.69. The summed E-state index contributed by atoms with van der Waals surface area (Å²) in [7, 11) is 0. The number of ether oxygens (including phenoxy) is 3. The highest BCUT2D eigenvalue weighted by Gasteiger charge is 2.49. The van der Waals surface area contributed by atoms with Crippen LogP contribution in [0.25, 0.3) is 10.9 Å². The van der Waals surface area contributed by atoms with Crippen molar-refractivity contribution < 1.29 is 46.2 Å². The van der Waals surface area contributed by atoms with Crippen LogP contribution in [0.15, 0.2) is 24.3 Å². The number of fused-ring (bicyclic) bond motifs is 5. The Morgan fingerprint density at radius 2 is 1.89 bits per heavy atom. The van der Waals surface area contributed by atoms with E-state index in [-0.39, 0.29) is 41.6 Å². The molecule has 3 aliphatic rings. The molecular formula is C31H37F4N3O6. The van der Waals surface area contributed by atoms with Gasteiger partial charge in [-0.3, -0.25) is 4.79 Å². The number of nitrogens with one attached hydrogen (secondary N) is 1. The number of nitrogens with zero attached hydrogens (tertiary/aromatic N) is 2. The maximum absolute atomic E-state index is 15.9. The summed E-state index contributed by atoms with van der Waals surface area (Å²) >= 11 is 0. The van der Waals surface area contributed by atoms with Crippen LogP contribution in [-0.4, -0.2) is 65.6 Å². The molecule has 0 spiro atoms. The molecule has 1 aromatic heterocycles.